The van der Waals surface area contributed by atoms with E-state index in [1.807, 2.05) is 24.3 Å². The molecule has 0 unspecified atom stereocenters. The van der Waals surface area contributed by atoms with Crippen LogP contribution in [0.5, 0.6) is 23.0 Å². The van der Waals surface area contributed by atoms with E-state index in [1.165, 1.54) is 8.92 Å². The van der Waals surface area contributed by atoms with Crippen molar-refractivity contribution in [3.05, 3.63) is 36.4 Å². The summed E-state index contributed by atoms with van der Waals surface area (Å²) in [6, 6.07) is 12.2. The quantitative estimate of drug-likeness (QED) is 0.767. The predicted molar refractivity (Wildman–Crippen MR) is 70.2 cm³/mol. The molecule has 96 valence electrons. The fourth-order valence-electron chi connectivity index (χ4n) is 2.02. The van der Waals surface area contributed by atoms with Crippen molar-refractivity contribution in [2.24, 2.45) is 0 Å². The van der Waals surface area contributed by atoms with Gasteiger partial charge < -0.3 is 0 Å². The zero-order chi connectivity index (χ0) is 12.7. The van der Waals surface area contributed by atoms with Crippen molar-refractivity contribution < 1.29 is 18.9 Å². The zero-order valence-electron chi connectivity index (χ0n) is 9.92. The van der Waals surface area contributed by atoms with Crippen molar-refractivity contribution >= 4 is 23.9 Å². The van der Waals surface area contributed by atoms with E-state index in [0.29, 0.717) is 13.6 Å². The normalized spacial score (nSPS) is 14.7. The molecule has 4 nitrogen and oxygen atoms in total. The first-order valence-corrected chi connectivity index (χ1v) is 7.57. The van der Waals surface area contributed by atoms with Gasteiger partial charge in [-0.1, -0.05) is 0 Å². The van der Waals surface area contributed by atoms with Crippen LogP contribution in [-0.4, -0.2) is 28.5 Å². The first-order chi connectivity index (χ1) is 9.38. The van der Waals surface area contributed by atoms with Crippen LogP contribution in [0.15, 0.2) is 36.4 Å². The van der Waals surface area contributed by atoms with Crippen LogP contribution < -0.4 is 27.9 Å². The third-order valence-electron chi connectivity index (χ3n) is 2.92. The third-order valence-corrected chi connectivity index (χ3v) is 4.98. The molecule has 2 aromatic carbocycles. The SMILES string of the molecule is c1cc2c(cc1[Se]c1ccc3c(c1)OCO3)OCO2. The molecule has 0 N–H and O–H groups in total. The summed E-state index contributed by atoms with van der Waals surface area (Å²) in [7, 11) is 0. The molecule has 0 aromatic heterocycles. The molecule has 0 amide bonds. The van der Waals surface area contributed by atoms with E-state index in [-0.39, 0.29) is 15.0 Å². The van der Waals surface area contributed by atoms with Crippen LogP contribution in [0.3, 0.4) is 0 Å². The molecule has 0 radical (unpaired) electrons. The summed E-state index contributed by atoms with van der Waals surface area (Å²) >= 11 is 0.210. The first kappa shape index (κ1) is 11.0. The monoisotopic (exact) mass is 322 g/mol. The summed E-state index contributed by atoms with van der Waals surface area (Å²) in [5, 5.41) is 0. The summed E-state index contributed by atoms with van der Waals surface area (Å²) in [4.78, 5) is 0. The Balaban J connectivity index is 1.61. The van der Waals surface area contributed by atoms with Gasteiger partial charge in [0.25, 0.3) is 0 Å². The van der Waals surface area contributed by atoms with Crippen LogP contribution in [0.25, 0.3) is 0 Å². The van der Waals surface area contributed by atoms with Crippen LogP contribution in [-0.2, 0) is 0 Å². The second kappa shape index (κ2) is 4.37. The van der Waals surface area contributed by atoms with E-state index in [0.717, 1.165) is 23.0 Å². The third kappa shape index (κ3) is 2.01. The Morgan fingerprint density at radius 3 is 1.63 bits per heavy atom. The molecule has 2 heterocycles. The molecule has 0 aliphatic carbocycles. The second-order valence-corrected chi connectivity index (χ2v) is 6.54. The van der Waals surface area contributed by atoms with Gasteiger partial charge in [-0.3, -0.25) is 0 Å². The van der Waals surface area contributed by atoms with Crippen molar-refractivity contribution in [3.63, 3.8) is 0 Å². The summed E-state index contributed by atoms with van der Waals surface area (Å²) in [5.74, 6) is 3.32. The molecule has 2 aliphatic heterocycles. The topological polar surface area (TPSA) is 36.9 Å². The number of rotatable bonds is 2. The van der Waals surface area contributed by atoms with Gasteiger partial charge in [-0.15, -0.1) is 0 Å². The Morgan fingerprint density at radius 1 is 0.632 bits per heavy atom. The number of hydrogen-bond donors (Lipinski definition) is 0. The van der Waals surface area contributed by atoms with Gasteiger partial charge in [-0.05, 0) is 0 Å². The Morgan fingerprint density at radius 2 is 1.11 bits per heavy atom. The number of hydrogen-bond acceptors (Lipinski definition) is 4. The Kier molecular flexibility index (Phi) is 2.53. The zero-order valence-corrected chi connectivity index (χ0v) is 11.6. The van der Waals surface area contributed by atoms with Crippen LogP contribution in [0.4, 0.5) is 0 Å². The molecule has 0 saturated heterocycles. The molecule has 0 bridgehead atoms. The van der Waals surface area contributed by atoms with Crippen LogP contribution in [0, 0.1) is 0 Å². The molecule has 4 rings (SSSR count). The molecule has 19 heavy (non-hydrogen) atoms. The van der Waals surface area contributed by atoms with Crippen molar-refractivity contribution in [2.75, 3.05) is 13.6 Å². The predicted octanol–water partition coefficient (Wildman–Crippen LogP) is 0.799. The van der Waals surface area contributed by atoms with Gasteiger partial charge in [0, 0.05) is 0 Å². The fourth-order valence-corrected chi connectivity index (χ4v) is 3.86. The van der Waals surface area contributed by atoms with E-state index >= 15 is 0 Å². The summed E-state index contributed by atoms with van der Waals surface area (Å²) < 4.78 is 23.9. The van der Waals surface area contributed by atoms with Gasteiger partial charge in [-0.2, -0.15) is 0 Å². The van der Waals surface area contributed by atoms with Gasteiger partial charge >= 0.3 is 116 Å². The number of benzene rings is 2. The molecule has 5 heteroatoms. The standard InChI is InChI=1S/C14H10O4Se/c1-3-11-13(17-7-15-11)5-9(1)19-10-2-4-12-14(6-10)18-8-16-12/h1-6H,7-8H2. The van der Waals surface area contributed by atoms with E-state index in [4.69, 9.17) is 18.9 Å². The first-order valence-electron chi connectivity index (χ1n) is 5.86. The van der Waals surface area contributed by atoms with Crippen molar-refractivity contribution in [1.29, 1.82) is 0 Å². The van der Waals surface area contributed by atoms with E-state index in [9.17, 15) is 0 Å². The van der Waals surface area contributed by atoms with Crippen molar-refractivity contribution in [3.8, 4) is 23.0 Å². The average molecular weight is 321 g/mol. The van der Waals surface area contributed by atoms with E-state index in [1.54, 1.807) is 0 Å². The molecule has 0 fully saturated rings. The average Bonchev–Trinajstić information content (AvgIpc) is 3.05. The van der Waals surface area contributed by atoms with Gasteiger partial charge in [0.15, 0.2) is 0 Å². The van der Waals surface area contributed by atoms with Crippen LogP contribution in [0.1, 0.15) is 0 Å². The van der Waals surface area contributed by atoms with E-state index < -0.39 is 0 Å². The number of ether oxygens (including phenoxy) is 4. The Bertz CT molecular complexity index is 586. The maximum atomic E-state index is 5.39. The fraction of sp³-hybridized carbons (Fsp3) is 0.143. The second-order valence-electron chi connectivity index (χ2n) is 4.13. The molecule has 2 aromatic rings. The number of fused-ring (bicyclic) bond motifs is 2. The Labute approximate surface area is 116 Å². The van der Waals surface area contributed by atoms with Crippen LogP contribution >= 0.6 is 0 Å². The van der Waals surface area contributed by atoms with Crippen molar-refractivity contribution in [1.82, 2.24) is 0 Å². The summed E-state index contributed by atoms with van der Waals surface area (Å²) in [6.07, 6.45) is 0. The molecular weight excluding hydrogens is 311 g/mol. The minimum absolute atomic E-state index is 0.210. The molecule has 2 aliphatic rings. The molecule has 0 atom stereocenters. The van der Waals surface area contributed by atoms with Gasteiger partial charge in [0.05, 0.1) is 0 Å². The Hall–Kier alpha value is -1.84. The van der Waals surface area contributed by atoms with Gasteiger partial charge in [-0.25, -0.2) is 0 Å². The van der Waals surface area contributed by atoms with E-state index in [2.05, 4.69) is 12.1 Å². The minimum atomic E-state index is 0.210. The van der Waals surface area contributed by atoms with Crippen molar-refractivity contribution in [2.45, 2.75) is 0 Å². The molecular formula is C14H10O4Se. The maximum absolute atomic E-state index is 5.39. The molecule has 0 saturated carbocycles. The molecule has 0 spiro atoms. The van der Waals surface area contributed by atoms with Crippen LogP contribution in [0.2, 0.25) is 0 Å². The summed E-state index contributed by atoms with van der Waals surface area (Å²) in [6.45, 7) is 0.631. The van der Waals surface area contributed by atoms with Gasteiger partial charge in [0.1, 0.15) is 0 Å². The van der Waals surface area contributed by atoms with Gasteiger partial charge in [0.2, 0.25) is 0 Å². The summed E-state index contributed by atoms with van der Waals surface area (Å²) in [5.41, 5.74) is 0.